The number of methoxy groups -OCH3 is 1. The lowest BCUT2D eigenvalue weighted by Gasteiger charge is -2.11. The van der Waals surface area contributed by atoms with Gasteiger partial charge in [-0.3, -0.25) is 9.79 Å². The second kappa shape index (κ2) is 6.75. The fraction of sp³-hybridized carbons (Fsp3) is 0.0625. The summed E-state index contributed by atoms with van der Waals surface area (Å²) in [4.78, 5) is 22.4. The maximum absolute atomic E-state index is 11.0. The molecule has 3 rings (SSSR count). The first-order valence-electron chi connectivity index (χ1n) is 6.91. The molecule has 0 saturated heterocycles. The summed E-state index contributed by atoms with van der Waals surface area (Å²) in [6.07, 6.45) is 3.64. The molecule has 0 bridgehead atoms. The topological polar surface area (TPSA) is 88.9 Å². The molecule has 124 valence electrons. The summed E-state index contributed by atoms with van der Waals surface area (Å²) in [5.74, 6) is 0.229. The molecule has 3 aromatic rings. The minimum Gasteiger partial charge on any atom is -0.493 e. The van der Waals surface area contributed by atoms with E-state index >= 15 is 0 Å². The van der Waals surface area contributed by atoms with Crippen LogP contribution in [-0.4, -0.2) is 21.9 Å². The van der Waals surface area contributed by atoms with Gasteiger partial charge in [0.1, 0.15) is 5.01 Å². The minimum atomic E-state index is -4.66. The number of thiazole rings is 1. The first-order valence-corrected chi connectivity index (χ1v) is 9.26. The smallest absolute Gasteiger partial charge is 0.493 e. The molecule has 0 unspecified atom stereocenters. The number of phosphoric acid groups is 1. The number of phosphoric ester groups is 1. The normalized spacial score (nSPS) is 12.0. The lowest BCUT2D eigenvalue weighted by molar-refractivity contribution is 0.276. The number of para-hydroxylation sites is 1. The maximum atomic E-state index is 11.0. The third-order valence-corrected chi connectivity index (χ3v) is 4.57. The van der Waals surface area contributed by atoms with Crippen LogP contribution in [0.3, 0.4) is 0 Å². The van der Waals surface area contributed by atoms with E-state index in [9.17, 15) is 4.57 Å². The Balaban J connectivity index is 1.88. The summed E-state index contributed by atoms with van der Waals surface area (Å²) in [6, 6.07) is 12.7. The first-order chi connectivity index (χ1) is 11.4. The fourth-order valence-corrected chi connectivity index (χ4v) is 3.39. The number of aromatic nitrogens is 1. The zero-order chi connectivity index (χ0) is 17.2. The van der Waals surface area contributed by atoms with Crippen molar-refractivity contribution in [1.29, 1.82) is 0 Å². The van der Waals surface area contributed by atoms with Crippen LogP contribution in [0.25, 0.3) is 22.4 Å². The molecule has 2 aromatic carbocycles. The molecular formula is C16H14NO5PS. The van der Waals surface area contributed by atoms with E-state index in [0.29, 0.717) is 5.56 Å². The van der Waals surface area contributed by atoms with E-state index in [-0.39, 0.29) is 11.5 Å². The van der Waals surface area contributed by atoms with E-state index in [1.54, 1.807) is 29.5 Å². The van der Waals surface area contributed by atoms with Crippen LogP contribution in [0.2, 0.25) is 0 Å². The summed E-state index contributed by atoms with van der Waals surface area (Å²) in [6.45, 7) is 0. The van der Waals surface area contributed by atoms with Crippen molar-refractivity contribution in [3.8, 4) is 11.5 Å². The third-order valence-electron chi connectivity index (χ3n) is 3.13. The molecule has 0 saturated carbocycles. The predicted octanol–water partition coefficient (Wildman–Crippen LogP) is 3.95. The van der Waals surface area contributed by atoms with Gasteiger partial charge in [0.25, 0.3) is 0 Å². The van der Waals surface area contributed by atoms with E-state index in [4.69, 9.17) is 14.5 Å². The molecule has 6 nitrogen and oxygen atoms in total. The zero-order valence-corrected chi connectivity index (χ0v) is 14.3. The first kappa shape index (κ1) is 16.7. The SMILES string of the molecule is COc1ccc(/C=C/c2nc3ccccc3s2)cc1OP(=O)(O)O. The van der Waals surface area contributed by atoms with Crippen molar-refractivity contribution in [2.45, 2.75) is 0 Å². The van der Waals surface area contributed by atoms with Gasteiger partial charge in [0.2, 0.25) is 0 Å². The molecular weight excluding hydrogens is 349 g/mol. The Labute approximate surface area is 142 Å². The summed E-state index contributed by atoms with van der Waals surface area (Å²) in [5, 5.41) is 0.837. The largest absolute Gasteiger partial charge is 0.524 e. The van der Waals surface area contributed by atoms with Gasteiger partial charge >= 0.3 is 7.82 Å². The van der Waals surface area contributed by atoms with Crippen LogP contribution < -0.4 is 9.26 Å². The van der Waals surface area contributed by atoms with Crippen LogP contribution in [0, 0.1) is 0 Å². The molecule has 1 aromatic heterocycles. The lowest BCUT2D eigenvalue weighted by atomic mass is 10.2. The summed E-state index contributed by atoms with van der Waals surface area (Å²) >= 11 is 1.56. The molecule has 0 aliphatic rings. The van der Waals surface area contributed by atoms with Crippen molar-refractivity contribution >= 4 is 41.5 Å². The van der Waals surface area contributed by atoms with Gasteiger partial charge in [-0.25, -0.2) is 9.55 Å². The number of ether oxygens (including phenoxy) is 1. The van der Waals surface area contributed by atoms with Crippen molar-refractivity contribution in [1.82, 2.24) is 4.98 Å². The second-order valence-electron chi connectivity index (χ2n) is 4.85. The lowest BCUT2D eigenvalue weighted by Crippen LogP contribution is -1.94. The van der Waals surface area contributed by atoms with Crippen LogP contribution in [0.5, 0.6) is 11.5 Å². The van der Waals surface area contributed by atoms with Gasteiger partial charge in [-0.05, 0) is 35.9 Å². The number of fused-ring (bicyclic) bond motifs is 1. The fourth-order valence-electron chi connectivity index (χ4n) is 2.13. The van der Waals surface area contributed by atoms with Gasteiger partial charge in [-0.1, -0.05) is 24.3 Å². The van der Waals surface area contributed by atoms with Crippen molar-refractivity contribution in [3.63, 3.8) is 0 Å². The Bertz CT molecular complexity index is 914. The van der Waals surface area contributed by atoms with Gasteiger partial charge in [0, 0.05) is 0 Å². The standard InChI is InChI=1S/C16H14NO5PS/c1-21-13-8-6-11(10-14(13)22-23(18,19)20)7-9-16-17-12-4-2-3-5-15(12)24-16/h2-10H,1H3,(H2,18,19,20)/b9-7+. The van der Waals surface area contributed by atoms with Crippen LogP contribution >= 0.6 is 19.2 Å². The number of hydrogen-bond donors (Lipinski definition) is 2. The molecule has 0 aliphatic heterocycles. The summed E-state index contributed by atoms with van der Waals surface area (Å²) < 4.78 is 21.8. The molecule has 0 aliphatic carbocycles. The highest BCUT2D eigenvalue weighted by Crippen LogP contribution is 2.42. The van der Waals surface area contributed by atoms with E-state index in [0.717, 1.165) is 15.2 Å². The predicted molar refractivity (Wildman–Crippen MR) is 94.2 cm³/mol. The Morgan fingerprint density at radius 3 is 2.62 bits per heavy atom. The molecule has 0 radical (unpaired) electrons. The molecule has 2 N–H and O–H groups in total. The molecule has 1 heterocycles. The Morgan fingerprint density at radius 1 is 1.12 bits per heavy atom. The summed E-state index contributed by atoms with van der Waals surface area (Å²) in [5.41, 5.74) is 1.64. The van der Waals surface area contributed by atoms with Crippen molar-refractivity contribution in [2.75, 3.05) is 7.11 Å². The van der Waals surface area contributed by atoms with Gasteiger partial charge in [0.15, 0.2) is 11.5 Å². The van der Waals surface area contributed by atoms with Gasteiger partial charge in [0.05, 0.1) is 17.3 Å². The number of rotatable bonds is 5. The van der Waals surface area contributed by atoms with Crippen molar-refractivity contribution in [3.05, 3.63) is 53.0 Å². The molecule has 24 heavy (non-hydrogen) atoms. The molecule has 8 heteroatoms. The molecule has 0 amide bonds. The van der Waals surface area contributed by atoms with Crippen molar-refractivity contribution < 1.29 is 23.6 Å². The highest BCUT2D eigenvalue weighted by molar-refractivity contribution is 7.46. The Kier molecular flexibility index (Phi) is 4.69. The van der Waals surface area contributed by atoms with Gasteiger partial charge in [-0.15, -0.1) is 11.3 Å². The molecule has 0 atom stereocenters. The van der Waals surface area contributed by atoms with E-state index < -0.39 is 7.82 Å². The Morgan fingerprint density at radius 2 is 1.92 bits per heavy atom. The number of nitrogens with zero attached hydrogens (tertiary/aromatic N) is 1. The number of benzene rings is 2. The summed E-state index contributed by atoms with van der Waals surface area (Å²) in [7, 11) is -3.26. The molecule has 0 spiro atoms. The number of hydrogen-bond acceptors (Lipinski definition) is 5. The third kappa shape index (κ3) is 4.01. The van der Waals surface area contributed by atoms with Gasteiger partial charge < -0.3 is 9.26 Å². The average molecular weight is 363 g/mol. The van der Waals surface area contributed by atoms with Crippen LogP contribution in [0.4, 0.5) is 0 Å². The van der Waals surface area contributed by atoms with E-state index in [2.05, 4.69) is 9.51 Å². The quantitative estimate of drug-likeness (QED) is 0.668. The van der Waals surface area contributed by atoms with Crippen molar-refractivity contribution in [2.24, 2.45) is 0 Å². The van der Waals surface area contributed by atoms with Gasteiger partial charge in [-0.2, -0.15) is 0 Å². The average Bonchev–Trinajstić information content (AvgIpc) is 2.94. The highest BCUT2D eigenvalue weighted by Gasteiger charge is 2.19. The minimum absolute atomic E-state index is 0.0164. The second-order valence-corrected chi connectivity index (χ2v) is 7.07. The Hall–Kier alpha value is -2.18. The molecule has 0 fully saturated rings. The highest BCUT2D eigenvalue weighted by atomic mass is 32.1. The maximum Gasteiger partial charge on any atom is 0.524 e. The van der Waals surface area contributed by atoms with E-state index in [1.807, 2.05) is 30.3 Å². The van der Waals surface area contributed by atoms with Crippen LogP contribution in [0.1, 0.15) is 10.6 Å². The monoisotopic (exact) mass is 363 g/mol. The van der Waals surface area contributed by atoms with Crippen LogP contribution in [-0.2, 0) is 4.57 Å². The van der Waals surface area contributed by atoms with E-state index in [1.165, 1.54) is 13.2 Å². The zero-order valence-electron chi connectivity index (χ0n) is 12.6. The van der Waals surface area contributed by atoms with Crippen LogP contribution in [0.15, 0.2) is 42.5 Å².